The van der Waals surface area contributed by atoms with E-state index in [1.807, 2.05) is 11.8 Å². The van der Waals surface area contributed by atoms with E-state index in [4.69, 9.17) is 5.73 Å². The van der Waals surface area contributed by atoms with Crippen LogP contribution in [-0.4, -0.2) is 32.4 Å². The summed E-state index contributed by atoms with van der Waals surface area (Å²) in [5.41, 5.74) is 5.36. The normalized spacial score (nSPS) is 10.4. The van der Waals surface area contributed by atoms with Crippen LogP contribution >= 0.6 is 23.5 Å². The van der Waals surface area contributed by atoms with Gasteiger partial charge in [-0.1, -0.05) is 18.7 Å². The summed E-state index contributed by atoms with van der Waals surface area (Å²) in [5, 5.41) is 7.24. The highest BCUT2D eigenvalue weighted by Crippen LogP contribution is 2.14. The summed E-state index contributed by atoms with van der Waals surface area (Å²) in [6.07, 6.45) is 0. The van der Waals surface area contributed by atoms with Crippen LogP contribution in [0.25, 0.3) is 0 Å². The number of anilines is 1. The second-order valence-electron chi connectivity index (χ2n) is 2.05. The Morgan fingerprint density at radius 2 is 2.33 bits per heavy atom. The molecule has 3 N–H and O–H groups in total. The number of aromatic amines is 1. The lowest BCUT2D eigenvalue weighted by atomic mass is 10.9. The van der Waals surface area contributed by atoms with Crippen LogP contribution in [0.3, 0.4) is 0 Å². The van der Waals surface area contributed by atoms with Crippen molar-refractivity contribution in [3.63, 3.8) is 0 Å². The molecule has 0 spiro atoms. The van der Waals surface area contributed by atoms with Crippen LogP contribution < -0.4 is 5.73 Å². The first-order valence-electron chi connectivity index (χ1n) is 3.71. The van der Waals surface area contributed by atoms with E-state index in [1.54, 1.807) is 11.8 Å². The summed E-state index contributed by atoms with van der Waals surface area (Å²) in [6, 6.07) is 0. The number of nitrogens with zero attached hydrogens (tertiary/aromatic N) is 2. The molecular weight excluding hydrogens is 192 g/mol. The van der Waals surface area contributed by atoms with Gasteiger partial charge >= 0.3 is 0 Å². The Labute approximate surface area is 80.1 Å². The molecule has 12 heavy (non-hydrogen) atoms. The Bertz CT molecular complexity index is 225. The smallest absolute Gasteiger partial charge is 0.216 e. The summed E-state index contributed by atoms with van der Waals surface area (Å²) in [7, 11) is 0. The Hall–Kier alpha value is -0.360. The minimum atomic E-state index is 0.389. The molecule has 0 amide bonds. The molecule has 0 aliphatic carbocycles. The highest BCUT2D eigenvalue weighted by molar-refractivity contribution is 8.02. The number of thioether (sulfide) groups is 2. The van der Waals surface area contributed by atoms with E-state index >= 15 is 0 Å². The van der Waals surface area contributed by atoms with Gasteiger partial charge in [0.25, 0.3) is 0 Å². The highest BCUT2D eigenvalue weighted by atomic mass is 32.2. The van der Waals surface area contributed by atoms with Gasteiger partial charge in [-0.25, -0.2) is 5.10 Å². The minimum absolute atomic E-state index is 0.389. The van der Waals surface area contributed by atoms with E-state index in [9.17, 15) is 0 Å². The molecule has 0 radical (unpaired) electrons. The molecule has 0 unspecified atom stereocenters. The monoisotopic (exact) mass is 204 g/mol. The van der Waals surface area contributed by atoms with Gasteiger partial charge in [-0.15, -0.1) is 5.10 Å². The van der Waals surface area contributed by atoms with E-state index in [-0.39, 0.29) is 0 Å². The van der Waals surface area contributed by atoms with Crippen molar-refractivity contribution in [2.45, 2.75) is 12.1 Å². The topological polar surface area (TPSA) is 67.6 Å². The molecule has 0 bridgehead atoms. The fraction of sp³-hybridized carbons (Fsp3) is 0.667. The number of nitrogens with two attached hydrogens (primary N) is 1. The van der Waals surface area contributed by atoms with E-state index in [1.165, 1.54) is 0 Å². The van der Waals surface area contributed by atoms with Crippen molar-refractivity contribution >= 4 is 29.5 Å². The zero-order valence-corrected chi connectivity index (χ0v) is 8.54. The SMILES string of the molecule is CCSCCSc1n[nH]c(N)n1. The number of nitrogens with one attached hydrogen (secondary N) is 1. The van der Waals surface area contributed by atoms with Gasteiger partial charge in [0.1, 0.15) is 0 Å². The van der Waals surface area contributed by atoms with Crippen LogP contribution in [0.5, 0.6) is 0 Å². The molecule has 0 fully saturated rings. The quantitative estimate of drug-likeness (QED) is 0.558. The molecule has 0 aromatic carbocycles. The third-order valence-corrected chi connectivity index (χ3v) is 3.15. The van der Waals surface area contributed by atoms with Crippen LogP contribution in [0.1, 0.15) is 6.92 Å². The van der Waals surface area contributed by atoms with Crippen molar-refractivity contribution < 1.29 is 0 Å². The van der Waals surface area contributed by atoms with Crippen LogP contribution in [0.15, 0.2) is 5.16 Å². The third-order valence-electron chi connectivity index (χ3n) is 1.15. The van der Waals surface area contributed by atoms with Gasteiger partial charge < -0.3 is 5.73 Å². The van der Waals surface area contributed by atoms with Gasteiger partial charge in [-0.3, -0.25) is 0 Å². The molecule has 6 heteroatoms. The molecule has 0 atom stereocenters. The van der Waals surface area contributed by atoms with Gasteiger partial charge in [0.05, 0.1) is 0 Å². The number of hydrogen-bond acceptors (Lipinski definition) is 5. The van der Waals surface area contributed by atoms with E-state index in [2.05, 4.69) is 22.1 Å². The van der Waals surface area contributed by atoms with E-state index in [0.717, 1.165) is 22.4 Å². The molecule has 1 heterocycles. The fourth-order valence-corrected chi connectivity index (χ4v) is 2.21. The molecule has 1 aromatic heterocycles. The van der Waals surface area contributed by atoms with Crippen molar-refractivity contribution in [2.75, 3.05) is 23.0 Å². The maximum Gasteiger partial charge on any atom is 0.216 e. The number of rotatable bonds is 5. The molecule has 0 saturated heterocycles. The Morgan fingerprint density at radius 1 is 1.50 bits per heavy atom. The van der Waals surface area contributed by atoms with Gasteiger partial charge in [0.2, 0.25) is 11.1 Å². The molecular formula is C6H12N4S2. The van der Waals surface area contributed by atoms with Crippen LogP contribution in [0, 0.1) is 0 Å². The summed E-state index contributed by atoms with van der Waals surface area (Å²) in [4.78, 5) is 3.97. The zero-order chi connectivity index (χ0) is 8.81. The van der Waals surface area contributed by atoms with Crippen molar-refractivity contribution in [3.05, 3.63) is 0 Å². The molecule has 1 rings (SSSR count). The first kappa shape index (κ1) is 9.73. The molecule has 0 saturated carbocycles. The Morgan fingerprint density at radius 3 is 2.92 bits per heavy atom. The van der Waals surface area contributed by atoms with Crippen molar-refractivity contribution in [3.8, 4) is 0 Å². The minimum Gasteiger partial charge on any atom is -0.368 e. The zero-order valence-electron chi connectivity index (χ0n) is 6.91. The lowest BCUT2D eigenvalue weighted by molar-refractivity contribution is 0.974. The van der Waals surface area contributed by atoms with Crippen molar-refractivity contribution in [2.24, 2.45) is 0 Å². The number of aromatic nitrogens is 3. The van der Waals surface area contributed by atoms with Crippen LogP contribution in [-0.2, 0) is 0 Å². The molecule has 68 valence electrons. The third kappa shape index (κ3) is 3.36. The maximum absolute atomic E-state index is 5.36. The second-order valence-corrected chi connectivity index (χ2v) is 4.50. The number of nitrogen functional groups attached to an aromatic ring is 1. The summed E-state index contributed by atoms with van der Waals surface area (Å²) < 4.78 is 0. The van der Waals surface area contributed by atoms with Gasteiger partial charge in [0.15, 0.2) is 0 Å². The van der Waals surface area contributed by atoms with E-state index < -0.39 is 0 Å². The fourth-order valence-electron chi connectivity index (χ4n) is 0.659. The predicted molar refractivity (Wildman–Crippen MR) is 54.5 cm³/mol. The Kier molecular flexibility index (Phi) is 4.31. The van der Waals surface area contributed by atoms with Crippen molar-refractivity contribution in [1.82, 2.24) is 15.2 Å². The summed E-state index contributed by atoms with van der Waals surface area (Å²) >= 11 is 3.54. The molecule has 1 aromatic rings. The number of hydrogen-bond donors (Lipinski definition) is 2. The van der Waals surface area contributed by atoms with Gasteiger partial charge in [-0.05, 0) is 5.75 Å². The van der Waals surface area contributed by atoms with Crippen LogP contribution in [0.4, 0.5) is 5.95 Å². The molecule has 0 aliphatic heterocycles. The first-order valence-corrected chi connectivity index (χ1v) is 5.85. The van der Waals surface area contributed by atoms with Crippen molar-refractivity contribution in [1.29, 1.82) is 0 Å². The summed E-state index contributed by atoms with van der Waals surface area (Å²) in [6.45, 7) is 2.15. The number of H-pyrrole nitrogens is 1. The largest absolute Gasteiger partial charge is 0.368 e. The standard InChI is InChI=1S/C6H12N4S2/c1-2-11-3-4-12-6-8-5(7)9-10-6/h2-4H2,1H3,(H3,7,8,9,10). The average Bonchev–Trinajstić information content (AvgIpc) is 2.45. The van der Waals surface area contributed by atoms with Gasteiger partial charge in [0, 0.05) is 11.5 Å². The van der Waals surface area contributed by atoms with Crippen LogP contribution in [0.2, 0.25) is 0 Å². The maximum atomic E-state index is 5.36. The van der Waals surface area contributed by atoms with E-state index in [0.29, 0.717) is 5.95 Å². The highest BCUT2D eigenvalue weighted by Gasteiger charge is 1.99. The Balaban J connectivity index is 2.15. The lowest BCUT2D eigenvalue weighted by Gasteiger charge is -1.94. The summed E-state index contributed by atoms with van der Waals surface area (Å²) in [5.74, 6) is 3.72. The molecule has 0 aliphatic rings. The molecule has 4 nitrogen and oxygen atoms in total. The van der Waals surface area contributed by atoms with Gasteiger partial charge in [-0.2, -0.15) is 16.7 Å². The second kappa shape index (κ2) is 5.31. The average molecular weight is 204 g/mol. The first-order chi connectivity index (χ1) is 5.83. The predicted octanol–water partition coefficient (Wildman–Crippen LogP) is 1.23. The lowest BCUT2D eigenvalue weighted by Crippen LogP contribution is -1.86.